The van der Waals surface area contributed by atoms with Crippen LogP contribution in [0.3, 0.4) is 0 Å². The van der Waals surface area contributed by atoms with E-state index in [1.54, 1.807) is 24.5 Å². The van der Waals surface area contributed by atoms with Gasteiger partial charge in [0, 0.05) is 39.8 Å². The Morgan fingerprint density at radius 1 is 1.34 bits per heavy atom. The van der Waals surface area contributed by atoms with Crippen molar-refractivity contribution in [3.8, 4) is 10.6 Å². The zero-order valence-electron chi connectivity index (χ0n) is 17.9. The molecule has 2 aromatic rings. The third-order valence-corrected chi connectivity index (χ3v) is 6.10. The molecule has 29 heavy (non-hydrogen) atoms. The molecule has 6 heteroatoms. The van der Waals surface area contributed by atoms with Gasteiger partial charge in [-0.25, -0.2) is 4.98 Å². The lowest BCUT2D eigenvalue weighted by molar-refractivity contribution is 0.620. The Kier molecular flexibility index (Phi) is 7.91. The first-order valence-corrected chi connectivity index (χ1v) is 10.7. The lowest BCUT2D eigenvalue weighted by Gasteiger charge is -2.15. The van der Waals surface area contributed by atoms with Crippen molar-refractivity contribution in [1.82, 2.24) is 9.97 Å². The number of thiophene rings is 1. The number of nitrogens with one attached hydrogen (secondary N) is 3. The molecule has 0 aliphatic heterocycles. The fourth-order valence-corrected chi connectivity index (χ4v) is 4.59. The lowest BCUT2D eigenvalue weighted by Crippen LogP contribution is -2.04. The highest BCUT2D eigenvalue weighted by atomic mass is 32.1. The number of aromatic nitrogens is 2. The van der Waals surface area contributed by atoms with Gasteiger partial charge in [0.1, 0.15) is 11.5 Å². The van der Waals surface area contributed by atoms with Crippen LogP contribution in [0.25, 0.3) is 21.7 Å². The van der Waals surface area contributed by atoms with E-state index in [1.165, 1.54) is 6.21 Å². The van der Waals surface area contributed by atoms with Crippen molar-refractivity contribution in [3.63, 3.8) is 0 Å². The Morgan fingerprint density at radius 2 is 2.03 bits per heavy atom. The number of hydrogen-bond donors (Lipinski definition) is 4. The molecule has 2 heterocycles. The molecule has 0 fully saturated rings. The quantitative estimate of drug-likeness (QED) is 0.293. The maximum atomic E-state index is 7.95. The summed E-state index contributed by atoms with van der Waals surface area (Å²) in [5.41, 5.74) is 11.0. The van der Waals surface area contributed by atoms with Crippen molar-refractivity contribution in [2.45, 2.75) is 47.5 Å². The minimum atomic E-state index is 0.344. The third-order valence-electron chi connectivity index (χ3n) is 4.90. The van der Waals surface area contributed by atoms with E-state index >= 15 is 0 Å². The average Bonchev–Trinajstić information content (AvgIpc) is 3.29. The molecular weight excluding hydrogens is 378 g/mol. The largest absolute Gasteiger partial charge is 0.404 e. The number of nitrogens with two attached hydrogens (primary N) is 1. The van der Waals surface area contributed by atoms with Gasteiger partial charge in [-0.15, -0.1) is 11.3 Å². The summed E-state index contributed by atoms with van der Waals surface area (Å²) in [6.07, 6.45) is 10.8. The molecule has 2 rings (SSSR count). The molecule has 154 valence electrons. The first-order valence-electron chi connectivity index (χ1n) is 9.93. The number of hydrogen-bond acceptors (Lipinski definition) is 5. The van der Waals surface area contributed by atoms with Crippen LogP contribution in [0, 0.1) is 23.7 Å². The number of imidazole rings is 1. The summed E-state index contributed by atoms with van der Waals surface area (Å²) in [5, 5.41) is 15.8. The van der Waals surface area contributed by atoms with Crippen molar-refractivity contribution >= 4 is 34.4 Å². The van der Waals surface area contributed by atoms with E-state index in [0.29, 0.717) is 11.6 Å². The SMILES string of the molecule is C/C=C\C(=C/N)c1cc(C=N)c(-c2nc(/C(=C\C(C)=N)C(CC)CC)[nH]c2C)s1. The van der Waals surface area contributed by atoms with Gasteiger partial charge in [0.15, 0.2) is 0 Å². The smallest absolute Gasteiger partial charge is 0.134 e. The molecule has 0 aromatic carbocycles. The Labute approximate surface area is 177 Å². The minimum absolute atomic E-state index is 0.344. The summed E-state index contributed by atoms with van der Waals surface area (Å²) < 4.78 is 0. The first kappa shape index (κ1) is 22.6. The van der Waals surface area contributed by atoms with Gasteiger partial charge in [-0.1, -0.05) is 26.0 Å². The Balaban J connectivity index is 2.61. The van der Waals surface area contributed by atoms with Crippen LogP contribution in [-0.4, -0.2) is 21.9 Å². The van der Waals surface area contributed by atoms with E-state index in [0.717, 1.165) is 56.5 Å². The molecule has 0 saturated heterocycles. The summed E-state index contributed by atoms with van der Waals surface area (Å²) in [5.74, 6) is 1.16. The Morgan fingerprint density at radius 3 is 2.55 bits per heavy atom. The molecule has 0 spiro atoms. The Hall–Kier alpha value is -2.73. The van der Waals surface area contributed by atoms with Crippen molar-refractivity contribution < 1.29 is 0 Å². The second-order valence-electron chi connectivity index (χ2n) is 7.02. The van der Waals surface area contributed by atoms with Crippen molar-refractivity contribution in [2.75, 3.05) is 0 Å². The predicted octanol–water partition coefficient (Wildman–Crippen LogP) is 6.18. The van der Waals surface area contributed by atoms with Crippen LogP contribution < -0.4 is 5.73 Å². The van der Waals surface area contributed by atoms with Crippen LogP contribution >= 0.6 is 11.3 Å². The number of H-pyrrole nitrogens is 1. The van der Waals surface area contributed by atoms with Gasteiger partial charge >= 0.3 is 0 Å². The summed E-state index contributed by atoms with van der Waals surface area (Å²) in [6, 6.07) is 1.98. The van der Waals surface area contributed by atoms with Crippen LogP contribution in [0.15, 0.2) is 30.5 Å². The van der Waals surface area contributed by atoms with Gasteiger partial charge < -0.3 is 21.5 Å². The number of aryl methyl sites for hydroxylation is 1. The van der Waals surface area contributed by atoms with Gasteiger partial charge in [-0.05, 0) is 57.2 Å². The third kappa shape index (κ3) is 5.01. The monoisotopic (exact) mass is 409 g/mol. The standard InChI is InChI=1S/C23H31N5S/c1-6-9-17(12-24)20-11-18(13-25)22(29-20)21-15(5)27-23(28-21)19(10-14(4)26)16(7-2)8-3/h6,9-13,16,25-26H,7-8,24H2,1-5H3,(H,27,28)/b9-6-,17-12+,19-10-,25-13?,26-14?. The summed E-state index contributed by atoms with van der Waals surface area (Å²) in [6.45, 7) is 10.1. The number of allylic oxidation sites excluding steroid dienone is 5. The van der Waals surface area contributed by atoms with Gasteiger partial charge in [-0.3, -0.25) is 0 Å². The highest BCUT2D eigenvalue weighted by Crippen LogP contribution is 2.37. The number of aromatic amines is 1. The van der Waals surface area contributed by atoms with Gasteiger partial charge in [0.25, 0.3) is 0 Å². The van der Waals surface area contributed by atoms with E-state index in [4.69, 9.17) is 21.5 Å². The van der Waals surface area contributed by atoms with Gasteiger partial charge in [0.2, 0.25) is 0 Å². The van der Waals surface area contributed by atoms with E-state index in [1.807, 2.05) is 38.1 Å². The average molecular weight is 410 g/mol. The molecule has 0 aliphatic carbocycles. The molecule has 0 bridgehead atoms. The van der Waals surface area contributed by atoms with Crippen LogP contribution in [0.2, 0.25) is 0 Å². The predicted molar refractivity (Wildman–Crippen MR) is 127 cm³/mol. The summed E-state index contributed by atoms with van der Waals surface area (Å²) in [7, 11) is 0. The molecular formula is C23H31N5S. The first-order chi connectivity index (χ1) is 13.9. The maximum absolute atomic E-state index is 7.95. The summed E-state index contributed by atoms with van der Waals surface area (Å²) >= 11 is 1.59. The van der Waals surface area contributed by atoms with E-state index < -0.39 is 0 Å². The Bertz CT molecular complexity index is 968. The van der Waals surface area contributed by atoms with Crippen LogP contribution in [-0.2, 0) is 0 Å². The highest BCUT2D eigenvalue weighted by Gasteiger charge is 2.21. The molecule has 0 unspecified atom stereocenters. The maximum Gasteiger partial charge on any atom is 0.134 e. The molecule has 0 amide bonds. The molecule has 0 atom stereocenters. The zero-order chi connectivity index (χ0) is 21.6. The molecule has 5 N–H and O–H groups in total. The van der Waals surface area contributed by atoms with Crippen LogP contribution in [0.1, 0.15) is 62.5 Å². The lowest BCUT2D eigenvalue weighted by atomic mass is 9.92. The fraction of sp³-hybridized carbons (Fsp3) is 0.348. The minimum Gasteiger partial charge on any atom is -0.404 e. The second kappa shape index (κ2) is 10.2. The number of nitrogens with zero attached hydrogens (tertiary/aromatic N) is 1. The normalized spacial score (nSPS) is 12.9. The fourth-order valence-electron chi connectivity index (χ4n) is 3.40. The van der Waals surface area contributed by atoms with Gasteiger partial charge in [0.05, 0.1) is 4.88 Å². The molecule has 0 radical (unpaired) electrons. The molecule has 0 saturated carbocycles. The van der Waals surface area contributed by atoms with Crippen LogP contribution in [0.5, 0.6) is 0 Å². The number of rotatable bonds is 9. The van der Waals surface area contributed by atoms with Crippen molar-refractivity contribution in [1.29, 1.82) is 10.8 Å². The van der Waals surface area contributed by atoms with Crippen molar-refractivity contribution in [3.05, 3.63) is 52.5 Å². The zero-order valence-corrected chi connectivity index (χ0v) is 18.7. The van der Waals surface area contributed by atoms with E-state index in [9.17, 15) is 0 Å². The van der Waals surface area contributed by atoms with Gasteiger partial charge in [-0.2, -0.15) is 0 Å². The topological polar surface area (TPSA) is 102 Å². The molecule has 0 aliphatic rings. The highest BCUT2D eigenvalue weighted by molar-refractivity contribution is 7.17. The molecule has 2 aromatic heterocycles. The van der Waals surface area contributed by atoms with Crippen molar-refractivity contribution in [2.24, 2.45) is 11.7 Å². The summed E-state index contributed by atoms with van der Waals surface area (Å²) in [4.78, 5) is 10.3. The van der Waals surface area contributed by atoms with E-state index in [2.05, 4.69) is 18.8 Å². The second-order valence-corrected chi connectivity index (χ2v) is 8.07. The molecule has 5 nitrogen and oxygen atoms in total. The van der Waals surface area contributed by atoms with Crippen LogP contribution in [0.4, 0.5) is 0 Å². The van der Waals surface area contributed by atoms with E-state index in [-0.39, 0.29) is 0 Å².